The lowest BCUT2D eigenvalue weighted by Crippen LogP contribution is -2.35. The lowest BCUT2D eigenvalue weighted by atomic mass is 9.87. The van der Waals surface area contributed by atoms with Crippen LogP contribution in [0.5, 0.6) is 17.2 Å². The number of hydrogen-bond acceptors (Lipinski definition) is 5. The number of likely N-dealkylation sites (tertiary alicyclic amines) is 1. The summed E-state index contributed by atoms with van der Waals surface area (Å²) in [6.45, 7) is 3.35. The number of benzene rings is 2. The lowest BCUT2D eigenvalue weighted by molar-refractivity contribution is -0.130. The maximum atomic E-state index is 13.1. The van der Waals surface area contributed by atoms with E-state index in [2.05, 4.69) is 5.32 Å². The molecule has 0 saturated carbocycles. The minimum Gasteiger partial charge on any atom is -0.496 e. The Balaban J connectivity index is 1.51. The van der Waals surface area contributed by atoms with Crippen LogP contribution in [0.1, 0.15) is 30.4 Å². The van der Waals surface area contributed by atoms with E-state index in [9.17, 15) is 9.59 Å². The van der Waals surface area contributed by atoms with E-state index in [-0.39, 0.29) is 30.4 Å². The smallest absolute Gasteiger partial charge is 0.231 e. The van der Waals surface area contributed by atoms with E-state index in [1.165, 1.54) is 0 Å². The molecule has 0 aromatic heterocycles. The number of amides is 2. The molecule has 0 aliphatic carbocycles. The number of fused-ring (bicyclic) bond motifs is 1. The summed E-state index contributed by atoms with van der Waals surface area (Å²) < 4.78 is 16.3. The molecule has 1 fully saturated rings. The standard InChI is InChI=1S/C23H26N2O5/c1-3-22(26)25-12-17(16-6-4-5-7-19(16)28-2)18(13-25)23(27)24-11-15-8-9-20-21(10-15)30-14-29-20/h4-10,17-18H,3,11-14H2,1-2H3,(H,24,27)/t17-,18-/m0/s1. The average molecular weight is 410 g/mol. The van der Waals surface area contributed by atoms with Gasteiger partial charge in [0, 0.05) is 32.0 Å². The number of ether oxygens (including phenoxy) is 3. The molecule has 30 heavy (non-hydrogen) atoms. The van der Waals surface area contributed by atoms with Crippen molar-refractivity contribution in [3.05, 3.63) is 53.6 Å². The van der Waals surface area contributed by atoms with E-state index in [1.54, 1.807) is 12.0 Å². The maximum absolute atomic E-state index is 13.1. The number of hydrogen-bond donors (Lipinski definition) is 1. The Hall–Kier alpha value is -3.22. The topological polar surface area (TPSA) is 77.1 Å². The Morgan fingerprint density at radius 2 is 1.93 bits per heavy atom. The van der Waals surface area contributed by atoms with Crippen LogP contribution in [0.3, 0.4) is 0 Å². The zero-order valence-corrected chi connectivity index (χ0v) is 17.2. The molecule has 2 aliphatic rings. The van der Waals surface area contributed by atoms with Crippen LogP contribution < -0.4 is 19.5 Å². The predicted octanol–water partition coefficient (Wildman–Crippen LogP) is 2.69. The summed E-state index contributed by atoms with van der Waals surface area (Å²) in [5.41, 5.74) is 1.88. The van der Waals surface area contributed by atoms with Gasteiger partial charge in [0.15, 0.2) is 11.5 Å². The molecule has 0 spiro atoms. The second-order valence-electron chi connectivity index (χ2n) is 7.51. The first-order valence-corrected chi connectivity index (χ1v) is 10.2. The largest absolute Gasteiger partial charge is 0.496 e. The third-order valence-corrected chi connectivity index (χ3v) is 5.75. The number of methoxy groups -OCH3 is 1. The van der Waals surface area contributed by atoms with Crippen LogP contribution in [-0.4, -0.2) is 43.7 Å². The summed E-state index contributed by atoms with van der Waals surface area (Å²) in [7, 11) is 1.62. The van der Waals surface area contributed by atoms with Gasteiger partial charge in [0.05, 0.1) is 13.0 Å². The first kappa shape index (κ1) is 20.1. The van der Waals surface area contributed by atoms with Gasteiger partial charge in [-0.05, 0) is 29.3 Å². The summed E-state index contributed by atoms with van der Waals surface area (Å²) in [6, 6.07) is 13.3. The fraction of sp³-hybridized carbons (Fsp3) is 0.391. The number of carbonyl (C=O) groups excluding carboxylic acids is 2. The maximum Gasteiger partial charge on any atom is 0.231 e. The van der Waals surface area contributed by atoms with Crippen molar-refractivity contribution < 1.29 is 23.8 Å². The molecule has 1 N–H and O–H groups in total. The second kappa shape index (κ2) is 8.65. The lowest BCUT2D eigenvalue weighted by Gasteiger charge is -2.20. The van der Waals surface area contributed by atoms with Crippen LogP contribution in [0.2, 0.25) is 0 Å². The van der Waals surface area contributed by atoms with E-state index in [1.807, 2.05) is 49.4 Å². The molecule has 2 atom stereocenters. The van der Waals surface area contributed by atoms with Crippen LogP contribution in [0.4, 0.5) is 0 Å². The summed E-state index contributed by atoms with van der Waals surface area (Å²) in [6.07, 6.45) is 0.421. The van der Waals surface area contributed by atoms with E-state index < -0.39 is 0 Å². The van der Waals surface area contributed by atoms with E-state index in [4.69, 9.17) is 14.2 Å². The summed E-state index contributed by atoms with van der Waals surface area (Å²) in [5, 5.41) is 3.03. The zero-order valence-electron chi connectivity index (χ0n) is 17.2. The molecule has 4 rings (SSSR count). The molecular formula is C23H26N2O5. The van der Waals surface area contributed by atoms with Crippen molar-refractivity contribution in [2.45, 2.75) is 25.8 Å². The Bertz CT molecular complexity index is 945. The van der Waals surface area contributed by atoms with Gasteiger partial charge in [-0.1, -0.05) is 31.2 Å². The number of nitrogens with zero attached hydrogens (tertiary/aromatic N) is 1. The quantitative estimate of drug-likeness (QED) is 0.792. The molecule has 7 heteroatoms. The van der Waals surface area contributed by atoms with Gasteiger partial charge in [-0.3, -0.25) is 9.59 Å². The van der Waals surface area contributed by atoms with Crippen molar-refractivity contribution in [3.8, 4) is 17.2 Å². The molecular weight excluding hydrogens is 384 g/mol. The van der Waals surface area contributed by atoms with Gasteiger partial charge in [0.1, 0.15) is 5.75 Å². The number of para-hydroxylation sites is 1. The average Bonchev–Trinajstić information content (AvgIpc) is 3.43. The number of carbonyl (C=O) groups is 2. The summed E-state index contributed by atoms with van der Waals surface area (Å²) in [4.78, 5) is 27.3. The van der Waals surface area contributed by atoms with Gasteiger partial charge >= 0.3 is 0 Å². The van der Waals surface area contributed by atoms with Crippen molar-refractivity contribution >= 4 is 11.8 Å². The van der Waals surface area contributed by atoms with Crippen LogP contribution in [-0.2, 0) is 16.1 Å². The van der Waals surface area contributed by atoms with Gasteiger partial charge in [0.25, 0.3) is 0 Å². The van der Waals surface area contributed by atoms with E-state index in [0.29, 0.717) is 37.6 Å². The predicted molar refractivity (Wildman–Crippen MR) is 111 cm³/mol. The SMILES string of the molecule is CCC(=O)N1C[C@H](C(=O)NCc2ccc3c(c2)OCO3)[C@H](c2ccccc2OC)C1. The highest BCUT2D eigenvalue weighted by Gasteiger charge is 2.41. The molecule has 2 aliphatic heterocycles. The fourth-order valence-electron chi connectivity index (χ4n) is 4.16. The molecule has 0 radical (unpaired) electrons. The zero-order chi connectivity index (χ0) is 21.1. The van der Waals surface area contributed by atoms with Gasteiger partial charge < -0.3 is 24.4 Å². The number of nitrogens with one attached hydrogen (secondary N) is 1. The van der Waals surface area contributed by atoms with Crippen molar-refractivity contribution in [2.75, 3.05) is 27.0 Å². The molecule has 2 aromatic rings. The normalized spacial score (nSPS) is 19.6. The van der Waals surface area contributed by atoms with Crippen LogP contribution >= 0.6 is 0 Å². The minimum absolute atomic E-state index is 0.0565. The Labute approximate surface area is 175 Å². The highest BCUT2D eigenvalue weighted by molar-refractivity contribution is 5.83. The van der Waals surface area contributed by atoms with Crippen LogP contribution in [0, 0.1) is 5.92 Å². The molecule has 1 saturated heterocycles. The third kappa shape index (κ3) is 3.92. The van der Waals surface area contributed by atoms with Crippen molar-refractivity contribution in [1.29, 1.82) is 0 Å². The Morgan fingerprint density at radius 1 is 1.13 bits per heavy atom. The molecule has 0 bridgehead atoms. The summed E-state index contributed by atoms with van der Waals surface area (Å²) >= 11 is 0. The number of rotatable bonds is 6. The van der Waals surface area contributed by atoms with Gasteiger partial charge in [-0.2, -0.15) is 0 Å². The molecule has 158 valence electrons. The molecule has 0 unspecified atom stereocenters. The van der Waals surface area contributed by atoms with Crippen LogP contribution in [0.25, 0.3) is 0 Å². The van der Waals surface area contributed by atoms with Crippen LogP contribution in [0.15, 0.2) is 42.5 Å². The Kier molecular flexibility index (Phi) is 5.79. The van der Waals surface area contributed by atoms with Crippen molar-refractivity contribution in [3.63, 3.8) is 0 Å². The van der Waals surface area contributed by atoms with Gasteiger partial charge in [-0.15, -0.1) is 0 Å². The fourth-order valence-corrected chi connectivity index (χ4v) is 4.16. The Morgan fingerprint density at radius 3 is 2.73 bits per heavy atom. The monoisotopic (exact) mass is 410 g/mol. The third-order valence-electron chi connectivity index (χ3n) is 5.75. The minimum atomic E-state index is -0.342. The highest BCUT2D eigenvalue weighted by atomic mass is 16.7. The summed E-state index contributed by atoms with van der Waals surface area (Å²) in [5.74, 6) is 1.66. The molecule has 2 heterocycles. The first-order chi connectivity index (χ1) is 14.6. The first-order valence-electron chi connectivity index (χ1n) is 10.2. The second-order valence-corrected chi connectivity index (χ2v) is 7.51. The van der Waals surface area contributed by atoms with E-state index in [0.717, 1.165) is 16.9 Å². The van der Waals surface area contributed by atoms with Crippen molar-refractivity contribution in [2.24, 2.45) is 5.92 Å². The highest BCUT2D eigenvalue weighted by Crippen LogP contribution is 2.38. The molecule has 2 aromatic carbocycles. The van der Waals surface area contributed by atoms with Crippen molar-refractivity contribution in [1.82, 2.24) is 10.2 Å². The van der Waals surface area contributed by atoms with Gasteiger partial charge in [0.2, 0.25) is 18.6 Å². The molecule has 2 amide bonds. The van der Waals surface area contributed by atoms with Gasteiger partial charge in [-0.25, -0.2) is 0 Å². The van der Waals surface area contributed by atoms with E-state index >= 15 is 0 Å². The molecule has 7 nitrogen and oxygen atoms in total.